The summed E-state index contributed by atoms with van der Waals surface area (Å²) in [6, 6.07) is 3.03. The van der Waals surface area contributed by atoms with E-state index in [2.05, 4.69) is 20.8 Å². The predicted molar refractivity (Wildman–Crippen MR) is 143 cm³/mol. The summed E-state index contributed by atoms with van der Waals surface area (Å²) in [5.41, 5.74) is -0.807. The summed E-state index contributed by atoms with van der Waals surface area (Å²) in [4.78, 5) is 26.5. The number of methoxy groups -OCH3 is 1. The lowest BCUT2D eigenvalue weighted by molar-refractivity contribution is -0.326. The quantitative estimate of drug-likeness (QED) is 0.405. The van der Waals surface area contributed by atoms with Crippen molar-refractivity contribution in [3.63, 3.8) is 0 Å². The van der Waals surface area contributed by atoms with Crippen LogP contribution in [0.3, 0.4) is 0 Å². The summed E-state index contributed by atoms with van der Waals surface area (Å²) in [5.74, 6) is -0.921. The minimum Gasteiger partial charge on any atom is -0.479 e. The van der Waals surface area contributed by atoms with Crippen LogP contribution < -0.4 is 10.2 Å². The Hall–Kier alpha value is -2.01. The molecule has 5 bridgehead atoms. The number of ether oxygens (including phenoxy) is 3. The van der Waals surface area contributed by atoms with E-state index in [0.717, 1.165) is 12.8 Å². The third-order valence-electron chi connectivity index (χ3n) is 11.9. The SMILES string of the molecule is COC[C@]1(C)C[C@@H](OC(=O)COc2ccc3c(c2F)B(O)OC3)[C@]2(C)[C@H](C)C[C@H]3C4C(=O)CC[C@@]3([C@@H](C)[C@@H]1O)[C@@H]42. The van der Waals surface area contributed by atoms with Gasteiger partial charge in [0.1, 0.15) is 11.9 Å². The first kappa shape index (κ1) is 28.1. The molecule has 0 radical (unpaired) electrons. The summed E-state index contributed by atoms with van der Waals surface area (Å²) < 4.78 is 37.5. The average Bonchev–Trinajstić information content (AvgIpc) is 3.29. The van der Waals surface area contributed by atoms with E-state index in [9.17, 15) is 19.7 Å². The molecule has 218 valence electrons. The first-order valence-electron chi connectivity index (χ1n) is 14.5. The summed E-state index contributed by atoms with van der Waals surface area (Å²) in [6.45, 7) is 8.36. The van der Waals surface area contributed by atoms with Gasteiger partial charge in [-0.05, 0) is 60.0 Å². The topological polar surface area (TPSA) is 112 Å². The molecule has 1 unspecified atom stereocenters. The van der Waals surface area contributed by atoms with Gasteiger partial charge in [-0.15, -0.1) is 0 Å². The lowest BCUT2D eigenvalue weighted by Crippen LogP contribution is -2.78. The molecule has 5 saturated carbocycles. The van der Waals surface area contributed by atoms with Crippen LogP contribution in [0.5, 0.6) is 5.75 Å². The molecule has 2 N–H and O–H groups in total. The predicted octanol–water partition coefficient (Wildman–Crippen LogP) is 2.65. The lowest BCUT2D eigenvalue weighted by Gasteiger charge is -2.78. The minimum absolute atomic E-state index is 0.0149. The van der Waals surface area contributed by atoms with Crippen molar-refractivity contribution in [2.45, 2.75) is 72.2 Å². The summed E-state index contributed by atoms with van der Waals surface area (Å²) in [5, 5.41) is 21.8. The molecule has 8 nitrogen and oxygen atoms in total. The minimum atomic E-state index is -1.37. The molecule has 5 fully saturated rings. The maximum Gasteiger partial charge on any atom is 0.494 e. The van der Waals surface area contributed by atoms with Crippen molar-refractivity contribution in [1.82, 2.24) is 0 Å². The first-order valence-corrected chi connectivity index (χ1v) is 14.5. The van der Waals surface area contributed by atoms with Crippen LogP contribution >= 0.6 is 0 Å². The fourth-order valence-electron chi connectivity index (χ4n) is 9.91. The van der Waals surface area contributed by atoms with Gasteiger partial charge >= 0.3 is 13.1 Å². The molecular formula is C30H40BFO8. The van der Waals surface area contributed by atoms with E-state index in [1.54, 1.807) is 13.2 Å². The number of hydrogen-bond acceptors (Lipinski definition) is 8. The molecule has 0 saturated heterocycles. The van der Waals surface area contributed by atoms with Crippen molar-refractivity contribution in [2.75, 3.05) is 20.3 Å². The number of ketones is 1. The number of hydrogen-bond donors (Lipinski definition) is 2. The number of fused-ring (bicyclic) bond motifs is 2. The first-order chi connectivity index (χ1) is 18.9. The Bertz CT molecular complexity index is 1230. The van der Waals surface area contributed by atoms with Gasteiger partial charge in [0.15, 0.2) is 18.2 Å². The van der Waals surface area contributed by atoms with Crippen LogP contribution in [0.4, 0.5) is 4.39 Å². The summed E-state index contributed by atoms with van der Waals surface area (Å²) >= 11 is 0. The van der Waals surface area contributed by atoms with Crippen LogP contribution in [0.15, 0.2) is 12.1 Å². The molecule has 10 heteroatoms. The van der Waals surface area contributed by atoms with Crippen molar-refractivity contribution in [3.05, 3.63) is 23.5 Å². The van der Waals surface area contributed by atoms with Crippen LogP contribution in [0.25, 0.3) is 0 Å². The number of carbonyl (C=O) groups is 2. The highest BCUT2D eigenvalue weighted by Gasteiger charge is 2.79. The number of esters is 1. The van der Waals surface area contributed by atoms with Gasteiger partial charge in [0.2, 0.25) is 0 Å². The Labute approximate surface area is 235 Å². The highest BCUT2D eigenvalue weighted by molar-refractivity contribution is 6.61. The number of aliphatic hydroxyl groups excluding tert-OH is 1. The van der Waals surface area contributed by atoms with Crippen molar-refractivity contribution >= 4 is 24.3 Å². The smallest absolute Gasteiger partial charge is 0.479 e. The molecular weight excluding hydrogens is 518 g/mol. The zero-order chi connectivity index (χ0) is 28.8. The Morgan fingerprint density at radius 1 is 1.27 bits per heavy atom. The molecule has 40 heavy (non-hydrogen) atoms. The molecule has 0 amide bonds. The van der Waals surface area contributed by atoms with E-state index in [1.165, 1.54) is 6.07 Å². The Morgan fingerprint density at radius 3 is 2.75 bits per heavy atom. The van der Waals surface area contributed by atoms with E-state index < -0.39 is 48.5 Å². The van der Waals surface area contributed by atoms with Crippen molar-refractivity contribution < 1.29 is 43.0 Å². The molecule has 1 aromatic rings. The molecule has 0 aromatic heterocycles. The van der Waals surface area contributed by atoms with Gasteiger partial charge < -0.3 is 29.0 Å². The maximum absolute atomic E-state index is 15.0. The van der Waals surface area contributed by atoms with E-state index in [-0.39, 0.29) is 52.8 Å². The zero-order valence-corrected chi connectivity index (χ0v) is 23.9. The molecule has 10 atom stereocenters. The van der Waals surface area contributed by atoms with Gasteiger partial charge in [-0.25, -0.2) is 9.18 Å². The van der Waals surface area contributed by atoms with Crippen LogP contribution in [-0.4, -0.2) is 61.5 Å². The van der Waals surface area contributed by atoms with E-state index in [4.69, 9.17) is 18.9 Å². The Morgan fingerprint density at radius 2 is 2.02 bits per heavy atom. The average molecular weight is 558 g/mol. The molecule has 7 rings (SSSR count). The van der Waals surface area contributed by atoms with Crippen LogP contribution in [0.2, 0.25) is 0 Å². The molecule has 6 aliphatic rings. The van der Waals surface area contributed by atoms with Crippen LogP contribution in [-0.2, 0) is 30.3 Å². The third-order valence-corrected chi connectivity index (χ3v) is 11.9. The monoisotopic (exact) mass is 558 g/mol. The standard InChI is InChI=1S/C30H40BFO8/c1-15-10-18-23-19(33)8-9-30(18)16(2)27(35)28(3,14-37-5)11-21(29(15,4)26(23)30)40-22(34)13-38-20-7-6-17-12-39-31(36)24(17)25(20)32/h6-7,15-16,18,21,23,26-27,35-36H,8-14H2,1-5H3/t15-,16+,18+,21-,23?,26+,27+,28+,29+,30+/m1/s1. The van der Waals surface area contributed by atoms with Gasteiger partial charge in [-0.3, -0.25) is 4.79 Å². The van der Waals surface area contributed by atoms with Gasteiger partial charge in [-0.1, -0.05) is 33.8 Å². The van der Waals surface area contributed by atoms with Gasteiger partial charge in [-0.2, -0.15) is 0 Å². The number of benzene rings is 1. The number of aliphatic hydroxyl groups is 1. The molecule has 5 aliphatic carbocycles. The largest absolute Gasteiger partial charge is 0.494 e. The van der Waals surface area contributed by atoms with Crippen molar-refractivity contribution in [2.24, 2.45) is 45.8 Å². The lowest BCUT2D eigenvalue weighted by atomic mass is 9.25. The normalized spacial score (nSPS) is 43.4. The molecule has 1 aromatic carbocycles. The molecule has 1 heterocycles. The summed E-state index contributed by atoms with van der Waals surface area (Å²) in [7, 11) is 0.237. The molecule has 1 spiro atoms. The van der Waals surface area contributed by atoms with Crippen LogP contribution in [0, 0.1) is 51.7 Å². The fraction of sp³-hybridized carbons (Fsp3) is 0.733. The second-order valence-electron chi connectivity index (χ2n) is 13.6. The van der Waals surface area contributed by atoms with E-state index >= 15 is 4.39 Å². The Kier molecular flexibility index (Phi) is 6.69. The van der Waals surface area contributed by atoms with Crippen molar-refractivity contribution in [3.8, 4) is 5.75 Å². The maximum atomic E-state index is 15.0. The van der Waals surface area contributed by atoms with Gasteiger partial charge in [0.05, 0.1) is 19.3 Å². The van der Waals surface area contributed by atoms with Crippen molar-refractivity contribution in [1.29, 1.82) is 0 Å². The fourth-order valence-corrected chi connectivity index (χ4v) is 9.91. The Balaban J connectivity index is 1.31. The highest BCUT2D eigenvalue weighted by Crippen LogP contribution is 2.79. The number of rotatable bonds is 6. The van der Waals surface area contributed by atoms with Crippen LogP contribution in [0.1, 0.15) is 58.9 Å². The third kappa shape index (κ3) is 3.64. The highest BCUT2D eigenvalue weighted by atomic mass is 19.1. The zero-order valence-electron chi connectivity index (χ0n) is 23.9. The number of Topliss-reactive ketones (excluding diaryl/α,β-unsaturated/α-hetero) is 1. The van der Waals surface area contributed by atoms with Gasteiger partial charge in [0.25, 0.3) is 0 Å². The number of halogens is 1. The van der Waals surface area contributed by atoms with E-state index in [1.807, 2.05) is 6.92 Å². The second kappa shape index (κ2) is 9.51. The molecule has 1 aliphatic heterocycles. The van der Waals surface area contributed by atoms with Gasteiger partial charge in [0, 0.05) is 35.7 Å². The second-order valence-corrected chi connectivity index (χ2v) is 13.6. The summed E-state index contributed by atoms with van der Waals surface area (Å²) in [6.07, 6.45) is 1.21. The number of carbonyl (C=O) groups excluding carboxylic acids is 2. The van der Waals surface area contributed by atoms with E-state index in [0.29, 0.717) is 30.8 Å².